The Kier molecular flexibility index (Phi) is 2.66. The molecule has 0 radical (unpaired) electrons. The Labute approximate surface area is 99.6 Å². The van der Waals surface area contributed by atoms with Crippen LogP contribution in [0.3, 0.4) is 0 Å². The van der Waals surface area contributed by atoms with Crippen LogP contribution in [-0.4, -0.2) is 24.6 Å². The lowest BCUT2D eigenvalue weighted by molar-refractivity contribution is 0.602. The second-order valence-electron chi connectivity index (χ2n) is 3.89. The molecule has 3 N–H and O–H groups in total. The maximum Gasteiger partial charge on any atom is 0.198 e. The van der Waals surface area contributed by atoms with Gasteiger partial charge in [0.05, 0.1) is 10.6 Å². The zero-order valence-corrected chi connectivity index (χ0v) is 10.4. The maximum atomic E-state index is 11.3. The van der Waals surface area contributed by atoms with Crippen LogP contribution in [0.1, 0.15) is 5.69 Å². The molecule has 6 heteroatoms. The molecule has 90 valence electrons. The van der Waals surface area contributed by atoms with E-state index in [9.17, 15) is 8.42 Å². The van der Waals surface area contributed by atoms with Gasteiger partial charge in [-0.05, 0) is 19.1 Å². The van der Waals surface area contributed by atoms with E-state index in [1.807, 2.05) is 6.92 Å². The van der Waals surface area contributed by atoms with E-state index >= 15 is 0 Å². The summed E-state index contributed by atoms with van der Waals surface area (Å²) in [6.45, 7) is 1.86. The van der Waals surface area contributed by atoms with Crippen LogP contribution in [0.15, 0.2) is 29.2 Å². The third-order valence-corrected chi connectivity index (χ3v) is 3.59. The van der Waals surface area contributed by atoms with Gasteiger partial charge in [0.2, 0.25) is 0 Å². The lowest BCUT2D eigenvalue weighted by Gasteiger charge is -2.01. The molecule has 0 aliphatic carbocycles. The van der Waals surface area contributed by atoms with Crippen LogP contribution in [0.5, 0.6) is 0 Å². The smallest absolute Gasteiger partial charge is 0.198 e. The standard InChI is InChI=1S/C11H13N3O2S/c1-7-10(14-11(12)13-7)8-3-5-9(6-4-8)17(2,15)16/h3-6H,1-2H3,(H3,12,13,14). The van der Waals surface area contributed by atoms with Crippen molar-refractivity contribution in [2.45, 2.75) is 11.8 Å². The van der Waals surface area contributed by atoms with Crippen LogP contribution in [-0.2, 0) is 9.84 Å². The van der Waals surface area contributed by atoms with E-state index in [2.05, 4.69) is 9.97 Å². The predicted octanol–water partition coefficient (Wildman–Crippen LogP) is 1.37. The third kappa shape index (κ3) is 2.31. The van der Waals surface area contributed by atoms with Crippen molar-refractivity contribution in [3.05, 3.63) is 30.0 Å². The van der Waals surface area contributed by atoms with E-state index in [0.717, 1.165) is 17.0 Å². The van der Waals surface area contributed by atoms with Crippen molar-refractivity contribution < 1.29 is 8.42 Å². The Hall–Kier alpha value is -1.82. The fourth-order valence-electron chi connectivity index (χ4n) is 1.62. The van der Waals surface area contributed by atoms with E-state index in [1.54, 1.807) is 24.3 Å². The first-order valence-corrected chi connectivity index (χ1v) is 6.89. The van der Waals surface area contributed by atoms with Gasteiger partial charge in [-0.25, -0.2) is 13.4 Å². The number of anilines is 1. The molecule has 1 aromatic carbocycles. The number of aromatic nitrogens is 2. The van der Waals surface area contributed by atoms with Gasteiger partial charge in [0, 0.05) is 17.5 Å². The normalized spacial score (nSPS) is 11.6. The van der Waals surface area contributed by atoms with Gasteiger partial charge < -0.3 is 10.7 Å². The molecule has 0 saturated carbocycles. The summed E-state index contributed by atoms with van der Waals surface area (Å²) in [5, 5.41) is 0. The molecule has 0 fully saturated rings. The molecular weight excluding hydrogens is 238 g/mol. The summed E-state index contributed by atoms with van der Waals surface area (Å²) in [6, 6.07) is 6.57. The predicted molar refractivity (Wildman–Crippen MR) is 66.3 cm³/mol. The van der Waals surface area contributed by atoms with Crippen molar-refractivity contribution >= 4 is 15.8 Å². The Morgan fingerprint density at radius 2 is 1.82 bits per heavy atom. The highest BCUT2D eigenvalue weighted by Crippen LogP contribution is 2.23. The number of hydrogen-bond acceptors (Lipinski definition) is 4. The van der Waals surface area contributed by atoms with Crippen LogP contribution in [0.2, 0.25) is 0 Å². The molecule has 17 heavy (non-hydrogen) atoms. The average Bonchev–Trinajstić information content (AvgIpc) is 2.57. The van der Waals surface area contributed by atoms with Crippen molar-refractivity contribution in [3.63, 3.8) is 0 Å². The molecule has 5 nitrogen and oxygen atoms in total. The molecular formula is C11H13N3O2S. The van der Waals surface area contributed by atoms with Gasteiger partial charge in [0.1, 0.15) is 0 Å². The fourth-order valence-corrected chi connectivity index (χ4v) is 2.26. The van der Waals surface area contributed by atoms with Gasteiger partial charge in [-0.3, -0.25) is 0 Å². The van der Waals surface area contributed by atoms with Gasteiger partial charge in [0.15, 0.2) is 15.8 Å². The molecule has 0 bridgehead atoms. The number of H-pyrrole nitrogens is 1. The zero-order chi connectivity index (χ0) is 12.6. The number of sulfone groups is 1. The van der Waals surface area contributed by atoms with Gasteiger partial charge in [-0.2, -0.15) is 0 Å². The van der Waals surface area contributed by atoms with E-state index in [1.165, 1.54) is 6.26 Å². The van der Waals surface area contributed by atoms with Crippen LogP contribution < -0.4 is 5.73 Å². The van der Waals surface area contributed by atoms with Crippen molar-refractivity contribution in [3.8, 4) is 11.3 Å². The SMILES string of the molecule is Cc1[nH]c(N)nc1-c1ccc(S(C)(=O)=O)cc1. The summed E-state index contributed by atoms with van der Waals surface area (Å²) >= 11 is 0. The number of aromatic amines is 1. The minimum atomic E-state index is -3.16. The molecule has 1 heterocycles. The first-order chi connectivity index (χ1) is 7.88. The van der Waals surface area contributed by atoms with Gasteiger partial charge in [-0.1, -0.05) is 12.1 Å². The molecule has 0 aliphatic rings. The zero-order valence-electron chi connectivity index (χ0n) is 9.56. The highest BCUT2D eigenvalue weighted by molar-refractivity contribution is 7.90. The minimum Gasteiger partial charge on any atom is -0.369 e. The summed E-state index contributed by atoms with van der Waals surface area (Å²) in [4.78, 5) is 7.34. The molecule has 0 unspecified atom stereocenters. The largest absolute Gasteiger partial charge is 0.369 e. The lowest BCUT2D eigenvalue weighted by Crippen LogP contribution is -1.96. The second kappa shape index (κ2) is 3.89. The van der Waals surface area contributed by atoms with E-state index < -0.39 is 9.84 Å². The molecule has 0 spiro atoms. The number of rotatable bonds is 2. The third-order valence-electron chi connectivity index (χ3n) is 2.46. The van der Waals surface area contributed by atoms with Crippen LogP contribution in [0.25, 0.3) is 11.3 Å². The molecule has 2 aromatic rings. The first-order valence-electron chi connectivity index (χ1n) is 5.00. The molecule has 0 saturated heterocycles. The maximum absolute atomic E-state index is 11.3. The Balaban J connectivity index is 2.46. The minimum absolute atomic E-state index is 0.294. The fraction of sp³-hybridized carbons (Fsp3) is 0.182. The Morgan fingerprint density at radius 1 is 1.24 bits per heavy atom. The number of hydrogen-bond donors (Lipinski definition) is 2. The quantitative estimate of drug-likeness (QED) is 0.843. The highest BCUT2D eigenvalue weighted by Gasteiger charge is 2.10. The number of nitrogen functional groups attached to an aromatic ring is 1. The monoisotopic (exact) mass is 251 g/mol. The summed E-state index contributed by atoms with van der Waals surface area (Å²) in [5.41, 5.74) is 7.98. The molecule has 2 rings (SSSR count). The van der Waals surface area contributed by atoms with Crippen molar-refractivity contribution in [2.24, 2.45) is 0 Å². The summed E-state index contributed by atoms with van der Waals surface area (Å²) in [6.07, 6.45) is 1.18. The molecule has 1 aromatic heterocycles. The number of nitrogens with one attached hydrogen (secondary N) is 1. The Bertz CT molecular complexity index is 642. The number of imidazole rings is 1. The highest BCUT2D eigenvalue weighted by atomic mass is 32.2. The number of benzene rings is 1. The van der Waals surface area contributed by atoms with Crippen molar-refractivity contribution in [1.82, 2.24) is 9.97 Å². The molecule has 0 atom stereocenters. The van der Waals surface area contributed by atoms with Crippen molar-refractivity contribution in [1.29, 1.82) is 0 Å². The van der Waals surface area contributed by atoms with E-state index in [0.29, 0.717) is 10.8 Å². The molecule has 0 amide bonds. The van der Waals surface area contributed by atoms with Crippen LogP contribution >= 0.6 is 0 Å². The first kappa shape index (κ1) is 11.7. The van der Waals surface area contributed by atoms with Crippen LogP contribution in [0, 0.1) is 6.92 Å². The van der Waals surface area contributed by atoms with Crippen molar-refractivity contribution in [2.75, 3.05) is 12.0 Å². The van der Waals surface area contributed by atoms with Gasteiger partial charge in [-0.15, -0.1) is 0 Å². The summed E-state index contributed by atoms with van der Waals surface area (Å²) < 4.78 is 22.6. The average molecular weight is 251 g/mol. The Morgan fingerprint density at radius 3 is 2.24 bits per heavy atom. The summed E-state index contributed by atoms with van der Waals surface area (Å²) in [7, 11) is -3.16. The number of aryl methyl sites for hydroxylation is 1. The van der Waals surface area contributed by atoms with Crippen LogP contribution in [0.4, 0.5) is 5.95 Å². The lowest BCUT2D eigenvalue weighted by atomic mass is 10.1. The summed E-state index contributed by atoms with van der Waals surface area (Å²) in [5.74, 6) is 0.352. The topological polar surface area (TPSA) is 88.8 Å². The number of nitrogens with two attached hydrogens (primary N) is 1. The second-order valence-corrected chi connectivity index (χ2v) is 5.91. The van der Waals surface area contributed by atoms with Gasteiger partial charge >= 0.3 is 0 Å². The molecule has 0 aliphatic heterocycles. The van der Waals surface area contributed by atoms with E-state index in [4.69, 9.17) is 5.73 Å². The van der Waals surface area contributed by atoms with Gasteiger partial charge in [0.25, 0.3) is 0 Å². The number of nitrogens with zero attached hydrogens (tertiary/aromatic N) is 1. The van der Waals surface area contributed by atoms with E-state index in [-0.39, 0.29) is 0 Å².